The van der Waals surface area contributed by atoms with Gasteiger partial charge in [-0.25, -0.2) is 0 Å². The summed E-state index contributed by atoms with van der Waals surface area (Å²) in [5.41, 5.74) is 1.84. The van der Waals surface area contributed by atoms with Crippen LogP contribution >= 0.6 is 0 Å². The summed E-state index contributed by atoms with van der Waals surface area (Å²) in [6.45, 7) is 1.32. The first kappa shape index (κ1) is 19.0. The molecule has 0 radical (unpaired) electrons. The highest BCUT2D eigenvalue weighted by molar-refractivity contribution is 5.94. The zero-order valence-corrected chi connectivity index (χ0v) is 15.7. The van der Waals surface area contributed by atoms with Gasteiger partial charge in [-0.05, 0) is 49.1 Å². The smallest absolute Gasteiger partial charge is 0.253 e. The van der Waals surface area contributed by atoms with Crippen molar-refractivity contribution in [2.24, 2.45) is 0 Å². The lowest BCUT2D eigenvalue weighted by atomic mass is 10.0. The molecule has 2 aromatic carbocycles. The monoisotopic (exact) mass is 366 g/mol. The first-order valence-electron chi connectivity index (χ1n) is 9.42. The van der Waals surface area contributed by atoms with Crippen LogP contribution in [-0.4, -0.2) is 43.0 Å². The van der Waals surface area contributed by atoms with Crippen molar-refractivity contribution in [1.29, 1.82) is 0 Å². The van der Waals surface area contributed by atoms with Gasteiger partial charge in [0, 0.05) is 31.1 Å². The number of amides is 2. The summed E-state index contributed by atoms with van der Waals surface area (Å²) in [4.78, 5) is 26.6. The maximum absolute atomic E-state index is 12.6. The summed E-state index contributed by atoms with van der Waals surface area (Å²) in [5, 5.41) is 3.11. The zero-order chi connectivity index (χ0) is 19.1. The summed E-state index contributed by atoms with van der Waals surface area (Å²) < 4.78 is 5.13. The Hall–Kier alpha value is -2.82. The van der Waals surface area contributed by atoms with Crippen molar-refractivity contribution < 1.29 is 14.3 Å². The minimum atomic E-state index is 0.0338. The van der Waals surface area contributed by atoms with E-state index < -0.39 is 0 Å². The van der Waals surface area contributed by atoms with Crippen LogP contribution in [0.2, 0.25) is 0 Å². The molecule has 1 saturated heterocycles. The van der Waals surface area contributed by atoms with E-state index in [1.807, 2.05) is 35.2 Å². The standard InChI is InChI=1S/C22H26N2O3/c1-27-20-10-8-18(9-11-20)22(26)24-15-13-19(14-16-24)23-21(25)12-7-17-5-3-2-4-6-17/h2-6,8-11,19H,7,12-16H2,1H3,(H,23,25). The van der Waals surface area contributed by atoms with E-state index in [2.05, 4.69) is 5.32 Å². The quantitative estimate of drug-likeness (QED) is 0.855. The maximum atomic E-state index is 12.6. The van der Waals surface area contributed by atoms with Crippen LogP contribution in [0, 0.1) is 0 Å². The summed E-state index contributed by atoms with van der Waals surface area (Å²) in [6.07, 6.45) is 2.83. The number of piperidine rings is 1. The number of aryl methyl sites for hydroxylation is 1. The van der Waals surface area contributed by atoms with Crippen LogP contribution in [0.5, 0.6) is 5.75 Å². The second-order valence-corrected chi connectivity index (χ2v) is 6.85. The Kier molecular flexibility index (Phi) is 6.47. The van der Waals surface area contributed by atoms with Crippen molar-refractivity contribution in [3.05, 3.63) is 65.7 Å². The van der Waals surface area contributed by atoms with Gasteiger partial charge in [0.05, 0.1) is 7.11 Å². The average Bonchev–Trinajstić information content (AvgIpc) is 2.73. The van der Waals surface area contributed by atoms with Crippen molar-refractivity contribution >= 4 is 11.8 Å². The Morgan fingerprint density at radius 1 is 1.04 bits per heavy atom. The summed E-state index contributed by atoms with van der Waals surface area (Å²) in [6, 6.07) is 17.4. The van der Waals surface area contributed by atoms with Crippen molar-refractivity contribution in [1.82, 2.24) is 10.2 Å². The molecule has 0 aromatic heterocycles. The predicted molar refractivity (Wildman–Crippen MR) is 105 cm³/mol. The number of methoxy groups -OCH3 is 1. The summed E-state index contributed by atoms with van der Waals surface area (Å²) >= 11 is 0. The topological polar surface area (TPSA) is 58.6 Å². The highest BCUT2D eigenvalue weighted by atomic mass is 16.5. The number of rotatable bonds is 6. The molecule has 1 aliphatic heterocycles. The molecule has 1 aliphatic rings. The molecule has 5 nitrogen and oxygen atoms in total. The Balaban J connectivity index is 1.42. The molecule has 1 heterocycles. The largest absolute Gasteiger partial charge is 0.497 e. The van der Waals surface area contributed by atoms with Gasteiger partial charge in [-0.15, -0.1) is 0 Å². The normalized spacial score (nSPS) is 14.6. The maximum Gasteiger partial charge on any atom is 0.253 e. The fourth-order valence-corrected chi connectivity index (χ4v) is 3.35. The molecule has 0 bridgehead atoms. The minimum Gasteiger partial charge on any atom is -0.497 e. The molecule has 5 heteroatoms. The first-order chi connectivity index (χ1) is 13.2. The van der Waals surface area contributed by atoms with Crippen LogP contribution in [0.15, 0.2) is 54.6 Å². The SMILES string of the molecule is COc1ccc(C(=O)N2CCC(NC(=O)CCc3ccccc3)CC2)cc1. The van der Waals surface area contributed by atoms with Crippen LogP contribution in [0.25, 0.3) is 0 Å². The van der Waals surface area contributed by atoms with E-state index in [0.717, 1.165) is 25.0 Å². The lowest BCUT2D eigenvalue weighted by Gasteiger charge is -2.32. The number of nitrogens with one attached hydrogen (secondary N) is 1. The average molecular weight is 366 g/mol. The molecular formula is C22H26N2O3. The number of carbonyl (C=O) groups is 2. The van der Waals surface area contributed by atoms with Gasteiger partial charge in [-0.1, -0.05) is 30.3 Å². The molecule has 0 saturated carbocycles. The van der Waals surface area contributed by atoms with Crippen molar-refractivity contribution in [3.63, 3.8) is 0 Å². The van der Waals surface area contributed by atoms with Gasteiger partial charge in [0.2, 0.25) is 5.91 Å². The number of hydrogen-bond acceptors (Lipinski definition) is 3. The molecule has 2 amide bonds. The number of likely N-dealkylation sites (tertiary alicyclic amines) is 1. The van der Waals surface area contributed by atoms with E-state index in [4.69, 9.17) is 4.74 Å². The summed E-state index contributed by atoms with van der Waals surface area (Å²) in [7, 11) is 1.61. The van der Waals surface area contributed by atoms with Gasteiger partial charge in [0.15, 0.2) is 0 Å². The molecule has 1 N–H and O–H groups in total. The predicted octanol–water partition coefficient (Wildman–Crippen LogP) is 3.05. The number of hydrogen-bond donors (Lipinski definition) is 1. The Morgan fingerprint density at radius 3 is 2.33 bits per heavy atom. The van der Waals surface area contributed by atoms with Crippen LogP contribution < -0.4 is 10.1 Å². The zero-order valence-electron chi connectivity index (χ0n) is 15.7. The number of ether oxygens (including phenoxy) is 1. The molecule has 142 valence electrons. The fourth-order valence-electron chi connectivity index (χ4n) is 3.35. The molecular weight excluding hydrogens is 340 g/mol. The molecule has 0 atom stereocenters. The molecule has 0 unspecified atom stereocenters. The van der Waals surface area contributed by atoms with Crippen LogP contribution in [0.3, 0.4) is 0 Å². The van der Waals surface area contributed by atoms with E-state index in [1.54, 1.807) is 31.4 Å². The fraction of sp³-hybridized carbons (Fsp3) is 0.364. The number of carbonyl (C=O) groups excluding carboxylic acids is 2. The van der Waals surface area contributed by atoms with Crippen molar-refractivity contribution in [3.8, 4) is 5.75 Å². The van der Waals surface area contributed by atoms with Gasteiger partial charge in [0.25, 0.3) is 5.91 Å². The van der Waals surface area contributed by atoms with E-state index in [-0.39, 0.29) is 17.9 Å². The van der Waals surface area contributed by atoms with Gasteiger partial charge >= 0.3 is 0 Å². The van der Waals surface area contributed by atoms with Crippen molar-refractivity contribution in [2.45, 2.75) is 31.7 Å². The first-order valence-corrected chi connectivity index (χ1v) is 9.42. The Labute approximate surface area is 160 Å². The van der Waals surface area contributed by atoms with E-state index in [0.29, 0.717) is 25.1 Å². The third-order valence-electron chi connectivity index (χ3n) is 4.97. The van der Waals surface area contributed by atoms with Gasteiger partial charge in [-0.3, -0.25) is 9.59 Å². The Morgan fingerprint density at radius 2 is 1.70 bits per heavy atom. The van der Waals surface area contributed by atoms with Crippen LogP contribution in [0.4, 0.5) is 0 Å². The lowest BCUT2D eigenvalue weighted by Crippen LogP contribution is -2.46. The molecule has 2 aromatic rings. The van der Waals surface area contributed by atoms with E-state index in [1.165, 1.54) is 5.56 Å². The second kappa shape index (κ2) is 9.21. The van der Waals surface area contributed by atoms with Gasteiger partial charge in [0.1, 0.15) is 5.75 Å². The van der Waals surface area contributed by atoms with Crippen LogP contribution in [-0.2, 0) is 11.2 Å². The molecule has 0 aliphatic carbocycles. The highest BCUT2D eigenvalue weighted by Crippen LogP contribution is 2.17. The van der Waals surface area contributed by atoms with E-state index in [9.17, 15) is 9.59 Å². The van der Waals surface area contributed by atoms with Crippen molar-refractivity contribution in [2.75, 3.05) is 20.2 Å². The molecule has 27 heavy (non-hydrogen) atoms. The minimum absolute atomic E-state index is 0.0338. The third-order valence-corrected chi connectivity index (χ3v) is 4.97. The Bertz CT molecular complexity index is 751. The second-order valence-electron chi connectivity index (χ2n) is 6.85. The third kappa shape index (κ3) is 5.33. The lowest BCUT2D eigenvalue weighted by molar-refractivity contribution is -0.122. The number of nitrogens with zero attached hydrogens (tertiary/aromatic N) is 1. The molecule has 0 spiro atoms. The van der Waals surface area contributed by atoms with E-state index >= 15 is 0 Å². The van der Waals surface area contributed by atoms with Gasteiger partial charge < -0.3 is 15.0 Å². The van der Waals surface area contributed by atoms with Crippen LogP contribution in [0.1, 0.15) is 35.2 Å². The summed E-state index contributed by atoms with van der Waals surface area (Å²) in [5.74, 6) is 0.855. The molecule has 3 rings (SSSR count). The highest BCUT2D eigenvalue weighted by Gasteiger charge is 2.24. The number of benzene rings is 2. The van der Waals surface area contributed by atoms with Gasteiger partial charge in [-0.2, -0.15) is 0 Å². The molecule has 1 fully saturated rings.